The lowest BCUT2D eigenvalue weighted by Gasteiger charge is -2.03. The number of hydrogen-bond donors (Lipinski definition) is 2. The van der Waals surface area contributed by atoms with E-state index in [9.17, 15) is 4.79 Å². The van der Waals surface area contributed by atoms with Crippen LogP contribution in [0.3, 0.4) is 0 Å². The summed E-state index contributed by atoms with van der Waals surface area (Å²) in [5.74, 6) is 0.863. The molecule has 0 saturated carbocycles. The van der Waals surface area contributed by atoms with E-state index in [0.717, 1.165) is 10.0 Å². The maximum atomic E-state index is 12.2. The van der Waals surface area contributed by atoms with Gasteiger partial charge in [-0.3, -0.25) is 9.78 Å². The summed E-state index contributed by atoms with van der Waals surface area (Å²) in [6, 6.07) is 14.6. The van der Waals surface area contributed by atoms with Crippen molar-refractivity contribution in [2.75, 3.05) is 12.5 Å². The van der Waals surface area contributed by atoms with Crippen LogP contribution < -0.4 is 15.7 Å². The molecule has 1 aromatic heterocycles. The van der Waals surface area contributed by atoms with Crippen molar-refractivity contribution in [3.8, 4) is 17.0 Å². The van der Waals surface area contributed by atoms with E-state index in [0.29, 0.717) is 11.3 Å². The zero-order valence-electron chi connectivity index (χ0n) is 13.2. The molecule has 0 radical (unpaired) electrons. The highest BCUT2D eigenvalue weighted by molar-refractivity contribution is 9.10. The lowest BCUT2D eigenvalue weighted by Crippen LogP contribution is -2.15. The summed E-state index contributed by atoms with van der Waals surface area (Å²) in [6.45, 7) is 0. The zero-order chi connectivity index (χ0) is 17.6. The van der Waals surface area contributed by atoms with Crippen LogP contribution in [0.2, 0.25) is 0 Å². The van der Waals surface area contributed by atoms with Crippen molar-refractivity contribution in [3.63, 3.8) is 0 Å². The lowest BCUT2D eigenvalue weighted by atomic mass is 10.1. The van der Waals surface area contributed by atoms with Crippen LogP contribution in [0.5, 0.6) is 5.75 Å². The highest BCUT2D eigenvalue weighted by Crippen LogP contribution is 2.17. The molecule has 0 aliphatic rings. The van der Waals surface area contributed by atoms with Crippen LogP contribution in [-0.2, 0) is 0 Å². The van der Waals surface area contributed by atoms with Crippen molar-refractivity contribution in [2.45, 2.75) is 0 Å². The smallest absolute Gasteiger partial charge is 0.279 e. The first kappa shape index (κ1) is 16.8. The Bertz CT molecular complexity index is 954. The fourth-order valence-electron chi connectivity index (χ4n) is 2.08. The predicted octanol–water partition coefficient (Wildman–Crippen LogP) is 3.05. The number of anilines is 1. The zero-order valence-corrected chi connectivity index (χ0v) is 14.8. The van der Waals surface area contributed by atoms with Gasteiger partial charge in [0.05, 0.1) is 13.3 Å². The average Bonchev–Trinajstić information content (AvgIpc) is 2.62. The summed E-state index contributed by atoms with van der Waals surface area (Å²) >= 11 is 3.39. The maximum absolute atomic E-state index is 12.2. The van der Waals surface area contributed by atoms with E-state index >= 15 is 0 Å². The van der Waals surface area contributed by atoms with E-state index in [-0.39, 0.29) is 17.2 Å². The number of aromatic amines is 1. The Hall–Kier alpha value is -3.00. The minimum Gasteiger partial charge on any atom is -0.497 e. The van der Waals surface area contributed by atoms with Crippen molar-refractivity contribution in [1.82, 2.24) is 15.2 Å². The third kappa shape index (κ3) is 4.30. The van der Waals surface area contributed by atoms with E-state index < -0.39 is 0 Å². The number of nitrogens with one attached hydrogen (secondary N) is 2. The monoisotopic (exact) mass is 399 g/mol. The fraction of sp³-hybridized carbons (Fsp3) is 0.0588. The number of benzene rings is 2. The van der Waals surface area contributed by atoms with Gasteiger partial charge in [0, 0.05) is 10.0 Å². The van der Waals surface area contributed by atoms with Gasteiger partial charge in [-0.1, -0.05) is 28.1 Å². The second kappa shape index (κ2) is 7.71. The van der Waals surface area contributed by atoms with E-state index in [1.807, 2.05) is 24.3 Å². The second-order valence-corrected chi connectivity index (χ2v) is 5.92. The number of hydrogen-bond acceptors (Lipinski definition) is 6. The predicted molar refractivity (Wildman–Crippen MR) is 100.0 cm³/mol. The van der Waals surface area contributed by atoms with Gasteiger partial charge in [-0.05, 0) is 42.0 Å². The molecule has 0 aliphatic heterocycles. The number of rotatable bonds is 5. The van der Waals surface area contributed by atoms with Gasteiger partial charge in [-0.2, -0.15) is 5.10 Å². The van der Waals surface area contributed by atoms with Crippen LogP contribution in [0.25, 0.3) is 11.3 Å². The van der Waals surface area contributed by atoms with Crippen LogP contribution in [-0.4, -0.2) is 28.5 Å². The summed E-state index contributed by atoms with van der Waals surface area (Å²) in [7, 11) is 1.58. The normalized spacial score (nSPS) is 10.8. The van der Waals surface area contributed by atoms with E-state index in [4.69, 9.17) is 4.74 Å². The molecule has 0 atom stereocenters. The topological polar surface area (TPSA) is 92.3 Å². The number of aromatic nitrogens is 3. The molecular formula is C17H14BrN5O2. The third-order valence-corrected chi connectivity index (χ3v) is 3.79. The first-order valence-electron chi connectivity index (χ1n) is 7.32. The van der Waals surface area contributed by atoms with Crippen molar-refractivity contribution in [2.24, 2.45) is 5.10 Å². The lowest BCUT2D eigenvalue weighted by molar-refractivity contribution is 0.415. The molecule has 0 bridgehead atoms. The largest absolute Gasteiger partial charge is 0.497 e. The SMILES string of the molecule is COc1ccc(-c2nnc(N/N=C/c3cccc(Br)c3)[nH]c2=O)cc1. The van der Waals surface area contributed by atoms with E-state index in [1.165, 1.54) is 0 Å². The first-order valence-corrected chi connectivity index (χ1v) is 8.11. The third-order valence-electron chi connectivity index (χ3n) is 3.29. The molecule has 0 unspecified atom stereocenters. The molecule has 25 heavy (non-hydrogen) atoms. The van der Waals surface area contributed by atoms with Crippen molar-refractivity contribution in [1.29, 1.82) is 0 Å². The van der Waals surface area contributed by atoms with Gasteiger partial charge in [0.1, 0.15) is 5.75 Å². The molecule has 7 nitrogen and oxygen atoms in total. The number of nitrogens with zero attached hydrogens (tertiary/aromatic N) is 3. The van der Waals surface area contributed by atoms with E-state index in [1.54, 1.807) is 37.6 Å². The molecular weight excluding hydrogens is 386 g/mol. The van der Waals surface area contributed by atoms with Gasteiger partial charge in [0.15, 0.2) is 5.69 Å². The van der Waals surface area contributed by atoms with Crippen molar-refractivity contribution < 1.29 is 4.74 Å². The molecule has 3 rings (SSSR count). The molecule has 1 heterocycles. The van der Waals surface area contributed by atoms with E-state index in [2.05, 4.69) is 41.6 Å². The van der Waals surface area contributed by atoms with Gasteiger partial charge in [-0.25, -0.2) is 5.43 Å². The quantitative estimate of drug-likeness (QED) is 0.507. The molecule has 3 aromatic rings. The average molecular weight is 400 g/mol. The minimum absolute atomic E-state index is 0.161. The number of H-pyrrole nitrogens is 1. The summed E-state index contributed by atoms with van der Waals surface area (Å²) in [5.41, 5.74) is 4.07. The molecule has 2 aromatic carbocycles. The Morgan fingerprint density at radius 3 is 2.68 bits per heavy atom. The molecule has 0 saturated heterocycles. The van der Waals surface area contributed by atoms with Gasteiger partial charge >= 0.3 is 0 Å². The molecule has 0 fully saturated rings. The summed E-state index contributed by atoms with van der Waals surface area (Å²) in [6.07, 6.45) is 1.61. The fourth-order valence-corrected chi connectivity index (χ4v) is 2.50. The van der Waals surface area contributed by atoms with Gasteiger partial charge < -0.3 is 4.74 Å². The van der Waals surface area contributed by atoms with Crippen molar-refractivity contribution >= 4 is 28.1 Å². The van der Waals surface area contributed by atoms with Gasteiger partial charge in [-0.15, -0.1) is 10.2 Å². The molecule has 0 spiro atoms. The molecule has 0 amide bonds. The van der Waals surface area contributed by atoms with Crippen LogP contribution in [0.15, 0.2) is 62.9 Å². The highest BCUT2D eigenvalue weighted by Gasteiger charge is 2.07. The van der Waals surface area contributed by atoms with Crippen LogP contribution in [0.1, 0.15) is 5.56 Å². The number of methoxy groups -OCH3 is 1. The Balaban J connectivity index is 1.74. The molecule has 2 N–H and O–H groups in total. The summed E-state index contributed by atoms with van der Waals surface area (Å²) in [5, 5.41) is 11.9. The van der Waals surface area contributed by atoms with Crippen LogP contribution in [0.4, 0.5) is 5.95 Å². The van der Waals surface area contributed by atoms with Crippen LogP contribution >= 0.6 is 15.9 Å². The highest BCUT2D eigenvalue weighted by atomic mass is 79.9. The first-order chi connectivity index (χ1) is 12.2. The molecule has 0 aliphatic carbocycles. The molecule has 8 heteroatoms. The number of hydrazone groups is 1. The number of ether oxygens (including phenoxy) is 1. The second-order valence-electron chi connectivity index (χ2n) is 5.00. The Morgan fingerprint density at radius 1 is 1.20 bits per heavy atom. The minimum atomic E-state index is -0.361. The summed E-state index contributed by atoms with van der Waals surface area (Å²) < 4.78 is 6.04. The van der Waals surface area contributed by atoms with Crippen LogP contribution in [0, 0.1) is 0 Å². The summed E-state index contributed by atoms with van der Waals surface area (Å²) in [4.78, 5) is 14.8. The Labute approximate surface area is 151 Å². The number of halogens is 1. The van der Waals surface area contributed by atoms with Gasteiger partial charge in [0.25, 0.3) is 5.56 Å². The Morgan fingerprint density at radius 2 is 2.00 bits per heavy atom. The Kier molecular flexibility index (Phi) is 5.20. The van der Waals surface area contributed by atoms with Gasteiger partial charge in [0.2, 0.25) is 5.95 Å². The standard InChI is InChI=1S/C17H14BrN5O2/c1-25-14-7-5-12(6-8-14)15-16(24)20-17(23-21-15)22-19-10-11-3-2-4-13(18)9-11/h2-10H,1H3,(H2,20,22,23,24)/b19-10+. The molecule has 126 valence electrons. The maximum Gasteiger partial charge on any atom is 0.279 e. The van der Waals surface area contributed by atoms with Crippen molar-refractivity contribution in [3.05, 3.63) is 68.9 Å².